The minimum absolute atomic E-state index is 0.239. The monoisotopic (exact) mass is 241 g/mol. The van der Waals surface area contributed by atoms with Crippen molar-refractivity contribution in [3.05, 3.63) is 29.8 Å². The van der Waals surface area contributed by atoms with E-state index in [0.717, 1.165) is 31.7 Å². The van der Waals surface area contributed by atoms with E-state index in [1.54, 1.807) is 7.11 Å². The Morgan fingerprint density at radius 2 is 2.00 bits per heavy atom. The van der Waals surface area contributed by atoms with Gasteiger partial charge in [0.15, 0.2) is 0 Å². The maximum atomic E-state index is 6.11. The highest BCUT2D eigenvalue weighted by Gasteiger charge is 2.02. The number of halogens is 1. The number of alkyl halides is 1. The molecule has 0 saturated carbocycles. The van der Waals surface area contributed by atoms with Crippen molar-refractivity contribution in [1.29, 1.82) is 0 Å². The standard InChI is InChI=1S/C13H20ClNO/c1-3-4-12(14)10-15-9-11-5-7-13(16-2)8-6-11/h5-8,12,15H,3-4,9-10H2,1-2H3. The van der Waals surface area contributed by atoms with Gasteiger partial charge in [0.2, 0.25) is 0 Å². The molecular formula is C13H20ClNO. The molecule has 0 heterocycles. The van der Waals surface area contributed by atoms with E-state index in [0.29, 0.717) is 0 Å². The van der Waals surface area contributed by atoms with Gasteiger partial charge in [0, 0.05) is 18.5 Å². The normalized spacial score (nSPS) is 12.4. The summed E-state index contributed by atoms with van der Waals surface area (Å²) in [6.45, 7) is 3.87. The molecule has 2 nitrogen and oxygen atoms in total. The summed E-state index contributed by atoms with van der Waals surface area (Å²) in [4.78, 5) is 0. The fourth-order valence-corrected chi connectivity index (χ4v) is 1.86. The van der Waals surface area contributed by atoms with Crippen molar-refractivity contribution in [3.8, 4) is 5.75 Å². The van der Waals surface area contributed by atoms with Crippen LogP contribution in [0.5, 0.6) is 5.75 Å². The molecule has 3 heteroatoms. The second-order valence-electron chi connectivity index (χ2n) is 3.86. The van der Waals surface area contributed by atoms with Gasteiger partial charge in [-0.2, -0.15) is 0 Å². The summed E-state index contributed by atoms with van der Waals surface area (Å²) in [5, 5.41) is 3.59. The van der Waals surface area contributed by atoms with Crippen molar-refractivity contribution < 1.29 is 4.74 Å². The predicted molar refractivity (Wildman–Crippen MR) is 69.2 cm³/mol. The lowest BCUT2D eigenvalue weighted by Crippen LogP contribution is -2.22. The van der Waals surface area contributed by atoms with E-state index < -0.39 is 0 Å². The van der Waals surface area contributed by atoms with Gasteiger partial charge in [0.25, 0.3) is 0 Å². The first-order valence-corrected chi connectivity index (χ1v) is 6.17. The Balaban J connectivity index is 2.26. The second-order valence-corrected chi connectivity index (χ2v) is 4.48. The number of hydrogen-bond donors (Lipinski definition) is 1. The smallest absolute Gasteiger partial charge is 0.118 e. The molecule has 1 atom stereocenters. The van der Waals surface area contributed by atoms with Crippen LogP contribution in [0, 0.1) is 0 Å². The number of benzene rings is 1. The van der Waals surface area contributed by atoms with Gasteiger partial charge in [0.05, 0.1) is 7.11 Å². The number of hydrogen-bond acceptors (Lipinski definition) is 2. The largest absolute Gasteiger partial charge is 0.497 e. The Kier molecular flexibility index (Phi) is 6.27. The van der Waals surface area contributed by atoms with Crippen molar-refractivity contribution in [2.24, 2.45) is 0 Å². The third-order valence-corrected chi connectivity index (χ3v) is 2.83. The first-order chi connectivity index (χ1) is 7.76. The Bertz CT molecular complexity index is 286. The summed E-state index contributed by atoms with van der Waals surface area (Å²) < 4.78 is 5.10. The van der Waals surface area contributed by atoms with Crippen LogP contribution in [-0.2, 0) is 6.54 Å². The summed E-state index contributed by atoms with van der Waals surface area (Å²) in [7, 11) is 1.68. The average Bonchev–Trinajstić information content (AvgIpc) is 2.30. The highest BCUT2D eigenvalue weighted by atomic mass is 35.5. The van der Waals surface area contributed by atoms with E-state index in [1.807, 2.05) is 12.1 Å². The van der Waals surface area contributed by atoms with Crippen LogP contribution in [0.3, 0.4) is 0 Å². The Morgan fingerprint density at radius 3 is 2.56 bits per heavy atom. The number of ether oxygens (including phenoxy) is 1. The molecule has 1 aromatic rings. The van der Waals surface area contributed by atoms with E-state index in [4.69, 9.17) is 16.3 Å². The SMILES string of the molecule is CCCC(Cl)CNCc1ccc(OC)cc1. The Hall–Kier alpha value is -0.730. The first-order valence-electron chi connectivity index (χ1n) is 5.74. The van der Waals surface area contributed by atoms with Crippen LogP contribution >= 0.6 is 11.6 Å². The molecule has 1 unspecified atom stereocenters. The summed E-state index contributed by atoms with van der Waals surface area (Å²) in [5.41, 5.74) is 1.25. The molecule has 0 aliphatic heterocycles. The lowest BCUT2D eigenvalue weighted by Gasteiger charge is -2.09. The third kappa shape index (κ3) is 4.86. The molecule has 0 amide bonds. The van der Waals surface area contributed by atoms with Gasteiger partial charge in [-0.3, -0.25) is 0 Å². The topological polar surface area (TPSA) is 21.3 Å². The van der Waals surface area contributed by atoms with E-state index in [9.17, 15) is 0 Å². The van der Waals surface area contributed by atoms with Crippen LogP contribution in [0.4, 0.5) is 0 Å². The van der Waals surface area contributed by atoms with Crippen molar-refractivity contribution in [2.45, 2.75) is 31.7 Å². The van der Waals surface area contributed by atoms with Crippen LogP contribution in [-0.4, -0.2) is 19.0 Å². The van der Waals surface area contributed by atoms with Crippen molar-refractivity contribution in [1.82, 2.24) is 5.32 Å². The molecule has 16 heavy (non-hydrogen) atoms. The molecule has 0 saturated heterocycles. The minimum atomic E-state index is 0.239. The van der Waals surface area contributed by atoms with Crippen LogP contribution in [0.15, 0.2) is 24.3 Å². The molecule has 0 aromatic heterocycles. The van der Waals surface area contributed by atoms with Gasteiger partial charge >= 0.3 is 0 Å². The van der Waals surface area contributed by atoms with Gasteiger partial charge in [0.1, 0.15) is 5.75 Å². The molecule has 0 radical (unpaired) electrons. The zero-order valence-corrected chi connectivity index (χ0v) is 10.8. The summed E-state index contributed by atoms with van der Waals surface area (Å²) >= 11 is 6.11. The van der Waals surface area contributed by atoms with Crippen LogP contribution in [0.25, 0.3) is 0 Å². The van der Waals surface area contributed by atoms with Gasteiger partial charge < -0.3 is 10.1 Å². The van der Waals surface area contributed by atoms with E-state index >= 15 is 0 Å². The summed E-state index contributed by atoms with van der Waals surface area (Å²) in [6, 6.07) is 8.08. The predicted octanol–water partition coefficient (Wildman–Crippen LogP) is 3.19. The van der Waals surface area contributed by atoms with Crippen molar-refractivity contribution in [2.75, 3.05) is 13.7 Å². The molecule has 90 valence electrons. The molecule has 0 spiro atoms. The number of nitrogens with one attached hydrogen (secondary N) is 1. The zero-order valence-electron chi connectivity index (χ0n) is 10.0. The Morgan fingerprint density at radius 1 is 1.31 bits per heavy atom. The van der Waals surface area contributed by atoms with Crippen LogP contribution < -0.4 is 10.1 Å². The fourth-order valence-electron chi connectivity index (χ4n) is 1.53. The fraction of sp³-hybridized carbons (Fsp3) is 0.538. The lowest BCUT2D eigenvalue weighted by atomic mass is 10.2. The molecule has 0 aliphatic rings. The first kappa shape index (κ1) is 13.3. The molecular weight excluding hydrogens is 222 g/mol. The highest BCUT2D eigenvalue weighted by molar-refractivity contribution is 6.20. The van der Waals surface area contributed by atoms with E-state index in [2.05, 4.69) is 24.4 Å². The lowest BCUT2D eigenvalue weighted by molar-refractivity contribution is 0.414. The minimum Gasteiger partial charge on any atom is -0.497 e. The summed E-state index contributed by atoms with van der Waals surface area (Å²) in [6.07, 6.45) is 2.20. The maximum absolute atomic E-state index is 6.11. The van der Waals surface area contributed by atoms with Crippen molar-refractivity contribution >= 4 is 11.6 Å². The third-order valence-electron chi connectivity index (χ3n) is 2.46. The zero-order chi connectivity index (χ0) is 11.8. The number of rotatable bonds is 7. The Labute approximate surface area is 103 Å². The highest BCUT2D eigenvalue weighted by Crippen LogP contribution is 2.11. The van der Waals surface area contributed by atoms with Gasteiger partial charge in [-0.15, -0.1) is 11.6 Å². The molecule has 0 aliphatic carbocycles. The second kappa shape index (κ2) is 7.53. The quantitative estimate of drug-likeness (QED) is 0.741. The van der Waals surface area contributed by atoms with Crippen molar-refractivity contribution in [3.63, 3.8) is 0 Å². The average molecular weight is 242 g/mol. The van der Waals surface area contributed by atoms with Gasteiger partial charge in [-0.25, -0.2) is 0 Å². The maximum Gasteiger partial charge on any atom is 0.118 e. The molecule has 0 fully saturated rings. The van der Waals surface area contributed by atoms with Gasteiger partial charge in [-0.05, 0) is 24.1 Å². The molecule has 1 aromatic carbocycles. The van der Waals surface area contributed by atoms with Crippen LogP contribution in [0.1, 0.15) is 25.3 Å². The molecule has 0 bridgehead atoms. The van der Waals surface area contributed by atoms with Crippen LogP contribution in [0.2, 0.25) is 0 Å². The van der Waals surface area contributed by atoms with E-state index in [-0.39, 0.29) is 5.38 Å². The summed E-state index contributed by atoms with van der Waals surface area (Å²) in [5.74, 6) is 0.893. The van der Waals surface area contributed by atoms with Gasteiger partial charge in [-0.1, -0.05) is 25.5 Å². The molecule has 1 N–H and O–H groups in total. The molecule has 1 rings (SSSR count). The van der Waals surface area contributed by atoms with E-state index in [1.165, 1.54) is 5.56 Å². The number of methoxy groups -OCH3 is 1.